The zero-order chi connectivity index (χ0) is 10.1. The van der Waals surface area contributed by atoms with Crippen LogP contribution in [0.5, 0.6) is 0 Å². The SMILES string of the molecule is CC(C)(C)C(C)(C)NC1CCCO1. The van der Waals surface area contributed by atoms with Gasteiger partial charge in [0, 0.05) is 12.1 Å². The second-order valence-corrected chi connectivity index (χ2v) is 5.52. The van der Waals surface area contributed by atoms with Crippen LogP contribution in [0, 0.1) is 5.41 Å². The highest BCUT2D eigenvalue weighted by Crippen LogP contribution is 2.30. The highest BCUT2D eigenvalue weighted by molar-refractivity contribution is 4.91. The average Bonchev–Trinajstić information content (AvgIpc) is 2.35. The van der Waals surface area contributed by atoms with Crippen LogP contribution in [-0.2, 0) is 4.74 Å². The zero-order valence-corrected chi connectivity index (χ0v) is 9.61. The van der Waals surface area contributed by atoms with Crippen LogP contribution in [0.4, 0.5) is 0 Å². The molecule has 1 atom stereocenters. The molecule has 1 unspecified atom stereocenters. The van der Waals surface area contributed by atoms with Crippen molar-refractivity contribution in [3.05, 3.63) is 0 Å². The van der Waals surface area contributed by atoms with Gasteiger partial charge in [0.25, 0.3) is 0 Å². The first kappa shape index (κ1) is 11.0. The van der Waals surface area contributed by atoms with Gasteiger partial charge in [0.05, 0.1) is 0 Å². The van der Waals surface area contributed by atoms with Crippen LogP contribution in [0.2, 0.25) is 0 Å². The van der Waals surface area contributed by atoms with E-state index in [9.17, 15) is 0 Å². The van der Waals surface area contributed by atoms with Gasteiger partial charge in [-0.15, -0.1) is 0 Å². The first-order valence-electron chi connectivity index (χ1n) is 5.22. The fourth-order valence-electron chi connectivity index (χ4n) is 1.31. The van der Waals surface area contributed by atoms with Crippen LogP contribution in [0.1, 0.15) is 47.5 Å². The lowest BCUT2D eigenvalue weighted by Gasteiger charge is -2.41. The maximum absolute atomic E-state index is 5.57. The van der Waals surface area contributed by atoms with E-state index in [0.717, 1.165) is 13.0 Å². The Kier molecular flexibility index (Phi) is 3.03. The molecule has 0 aliphatic carbocycles. The molecule has 13 heavy (non-hydrogen) atoms. The van der Waals surface area contributed by atoms with Gasteiger partial charge in [-0.25, -0.2) is 0 Å². The van der Waals surface area contributed by atoms with Crippen LogP contribution >= 0.6 is 0 Å². The molecular weight excluding hydrogens is 162 g/mol. The number of hydrogen-bond donors (Lipinski definition) is 1. The predicted octanol–water partition coefficient (Wildman–Crippen LogP) is 2.54. The van der Waals surface area contributed by atoms with Gasteiger partial charge >= 0.3 is 0 Å². The summed E-state index contributed by atoms with van der Waals surface area (Å²) in [5, 5.41) is 3.57. The molecule has 0 aromatic carbocycles. The summed E-state index contributed by atoms with van der Waals surface area (Å²) in [5.74, 6) is 0. The number of ether oxygens (including phenoxy) is 1. The summed E-state index contributed by atoms with van der Waals surface area (Å²) in [7, 11) is 0. The van der Waals surface area contributed by atoms with Gasteiger partial charge in [-0.05, 0) is 32.1 Å². The third-order valence-electron chi connectivity index (χ3n) is 3.33. The Balaban J connectivity index is 2.50. The monoisotopic (exact) mass is 185 g/mol. The van der Waals surface area contributed by atoms with Gasteiger partial charge < -0.3 is 4.74 Å². The van der Waals surface area contributed by atoms with Crippen molar-refractivity contribution in [2.24, 2.45) is 5.41 Å². The quantitative estimate of drug-likeness (QED) is 0.714. The smallest absolute Gasteiger partial charge is 0.108 e. The van der Waals surface area contributed by atoms with Crippen molar-refractivity contribution in [1.82, 2.24) is 5.32 Å². The number of rotatable bonds is 2. The van der Waals surface area contributed by atoms with E-state index in [1.807, 2.05) is 0 Å². The van der Waals surface area contributed by atoms with Crippen LogP contribution in [0.25, 0.3) is 0 Å². The first-order chi connectivity index (χ1) is 5.83. The lowest BCUT2D eigenvalue weighted by atomic mass is 9.76. The van der Waals surface area contributed by atoms with Gasteiger partial charge in [0.15, 0.2) is 0 Å². The Morgan fingerprint density at radius 1 is 1.15 bits per heavy atom. The van der Waals surface area contributed by atoms with E-state index in [-0.39, 0.29) is 17.2 Å². The van der Waals surface area contributed by atoms with E-state index in [1.165, 1.54) is 6.42 Å². The van der Waals surface area contributed by atoms with Crippen LogP contribution in [0.3, 0.4) is 0 Å². The molecule has 0 saturated carbocycles. The fraction of sp³-hybridized carbons (Fsp3) is 1.00. The highest BCUT2D eigenvalue weighted by Gasteiger charge is 2.35. The summed E-state index contributed by atoms with van der Waals surface area (Å²) in [5.41, 5.74) is 0.390. The van der Waals surface area contributed by atoms with Gasteiger partial charge in [0.2, 0.25) is 0 Å². The van der Waals surface area contributed by atoms with Crippen LogP contribution in [-0.4, -0.2) is 18.4 Å². The van der Waals surface area contributed by atoms with E-state index in [2.05, 4.69) is 39.9 Å². The van der Waals surface area contributed by atoms with Gasteiger partial charge in [-0.2, -0.15) is 0 Å². The van der Waals surface area contributed by atoms with E-state index >= 15 is 0 Å². The summed E-state index contributed by atoms with van der Waals surface area (Å²) in [6.07, 6.45) is 2.62. The van der Waals surface area contributed by atoms with Crippen molar-refractivity contribution in [1.29, 1.82) is 0 Å². The fourth-order valence-corrected chi connectivity index (χ4v) is 1.31. The van der Waals surface area contributed by atoms with Gasteiger partial charge in [-0.1, -0.05) is 20.8 Å². The van der Waals surface area contributed by atoms with E-state index in [4.69, 9.17) is 4.74 Å². The molecule has 0 radical (unpaired) electrons. The van der Waals surface area contributed by atoms with Crippen molar-refractivity contribution < 1.29 is 4.74 Å². The molecule has 0 aromatic rings. The molecule has 2 heteroatoms. The molecule has 1 rings (SSSR count). The third kappa shape index (κ3) is 2.68. The van der Waals surface area contributed by atoms with E-state index in [0.29, 0.717) is 0 Å². The summed E-state index contributed by atoms with van der Waals surface area (Å²) in [4.78, 5) is 0. The summed E-state index contributed by atoms with van der Waals surface area (Å²) in [6.45, 7) is 12.2. The molecule has 0 bridgehead atoms. The first-order valence-corrected chi connectivity index (χ1v) is 5.22. The van der Waals surface area contributed by atoms with Crippen molar-refractivity contribution in [3.63, 3.8) is 0 Å². The standard InChI is InChI=1S/C11H23NO/c1-10(2,3)11(4,5)12-9-7-6-8-13-9/h9,12H,6-8H2,1-5H3. The number of hydrogen-bond acceptors (Lipinski definition) is 2. The second-order valence-electron chi connectivity index (χ2n) is 5.52. The lowest BCUT2D eigenvalue weighted by Crippen LogP contribution is -2.53. The molecule has 78 valence electrons. The van der Waals surface area contributed by atoms with Crippen molar-refractivity contribution in [3.8, 4) is 0 Å². The molecule has 2 nitrogen and oxygen atoms in total. The van der Waals surface area contributed by atoms with Crippen LogP contribution in [0.15, 0.2) is 0 Å². The molecule has 1 heterocycles. The summed E-state index contributed by atoms with van der Waals surface area (Å²) >= 11 is 0. The van der Waals surface area contributed by atoms with Gasteiger partial charge in [-0.3, -0.25) is 5.32 Å². The molecular formula is C11H23NO. The Labute approximate surface area is 82.0 Å². The molecule has 1 fully saturated rings. The maximum Gasteiger partial charge on any atom is 0.108 e. The topological polar surface area (TPSA) is 21.3 Å². The largest absolute Gasteiger partial charge is 0.363 e. The summed E-state index contributed by atoms with van der Waals surface area (Å²) in [6, 6.07) is 0. The average molecular weight is 185 g/mol. The zero-order valence-electron chi connectivity index (χ0n) is 9.61. The molecule has 1 N–H and O–H groups in total. The maximum atomic E-state index is 5.57. The molecule has 0 spiro atoms. The molecule has 1 aliphatic heterocycles. The Bertz CT molecular complexity index is 163. The minimum Gasteiger partial charge on any atom is -0.363 e. The molecule has 0 amide bonds. The van der Waals surface area contributed by atoms with Gasteiger partial charge in [0.1, 0.15) is 6.23 Å². The molecule has 0 aromatic heterocycles. The van der Waals surface area contributed by atoms with Crippen molar-refractivity contribution in [2.45, 2.75) is 59.2 Å². The number of nitrogens with one attached hydrogen (secondary N) is 1. The highest BCUT2D eigenvalue weighted by atomic mass is 16.5. The Hall–Kier alpha value is -0.0800. The van der Waals surface area contributed by atoms with Crippen molar-refractivity contribution >= 4 is 0 Å². The molecule has 1 aliphatic rings. The van der Waals surface area contributed by atoms with Crippen LogP contribution < -0.4 is 5.32 Å². The normalized spacial score (nSPS) is 25.2. The predicted molar refractivity (Wildman–Crippen MR) is 55.6 cm³/mol. The second kappa shape index (κ2) is 3.58. The minimum atomic E-state index is 0.127. The van der Waals surface area contributed by atoms with E-state index < -0.39 is 0 Å². The van der Waals surface area contributed by atoms with Crippen molar-refractivity contribution in [2.75, 3.05) is 6.61 Å². The van der Waals surface area contributed by atoms with E-state index in [1.54, 1.807) is 0 Å². The summed E-state index contributed by atoms with van der Waals surface area (Å²) < 4.78 is 5.57. The molecule has 1 saturated heterocycles. The minimum absolute atomic E-state index is 0.127. The lowest BCUT2D eigenvalue weighted by molar-refractivity contribution is 0.0299. The third-order valence-corrected chi connectivity index (χ3v) is 3.33. The Morgan fingerprint density at radius 2 is 1.77 bits per heavy atom. The Morgan fingerprint density at radius 3 is 2.15 bits per heavy atom.